The molecular formula is C29H32N6O4. The Kier molecular flexibility index (Phi) is 7.62. The Hall–Kier alpha value is -4.60. The molecule has 39 heavy (non-hydrogen) atoms. The molecule has 0 bridgehead atoms. The Morgan fingerprint density at radius 1 is 1.08 bits per heavy atom. The van der Waals surface area contributed by atoms with Crippen LogP contribution in [0.15, 0.2) is 65.6 Å². The highest BCUT2D eigenvalue weighted by molar-refractivity contribution is 5.91. The lowest BCUT2D eigenvalue weighted by molar-refractivity contribution is 0.184. The minimum absolute atomic E-state index is 0.158. The fraction of sp³-hybridized carbons (Fsp3) is 0.310. The monoisotopic (exact) mass is 528 g/mol. The summed E-state index contributed by atoms with van der Waals surface area (Å²) in [6, 6.07) is 16.8. The van der Waals surface area contributed by atoms with Gasteiger partial charge in [0.2, 0.25) is 5.95 Å². The molecule has 2 atom stereocenters. The van der Waals surface area contributed by atoms with Gasteiger partial charge in [-0.15, -0.1) is 0 Å². The number of carbonyl (C=O) groups is 1. The smallest absolute Gasteiger partial charge is 0.404 e. The maximum atomic E-state index is 13.7. The van der Waals surface area contributed by atoms with E-state index in [-0.39, 0.29) is 17.6 Å². The summed E-state index contributed by atoms with van der Waals surface area (Å²) in [5.41, 5.74) is 3.11. The van der Waals surface area contributed by atoms with Crippen molar-refractivity contribution in [1.82, 2.24) is 19.9 Å². The number of nitrogens with one attached hydrogen (secondary N) is 3. The predicted octanol–water partition coefficient (Wildman–Crippen LogP) is 4.89. The fourth-order valence-electron chi connectivity index (χ4n) is 5.05. The number of aromatic nitrogens is 3. The summed E-state index contributed by atoms with van der Waals surface area (Å²) in [4.78, 5) is 34.5. The molecule has 5 rings (SSSR count). The third-order valence-electron chi connectivity index (χ3n) is 7.01. The second-order valence-corrected chi connectivity index (χ2v) is 9.84. The molecule has 4 N–H and O–H groups in total. The SMILES string of the molecule is COc1ccc(Cn2ccc3nc(NC4CCCCC4NC(=O)O)nc(Nc4cccc(C)c4)c3c2=O)cc1. The van der Waals surface area contributed by atoms with Gasteiger partial charge in [-0.2, -0.15) is 4.98 Å². The summed E-state index contributed by atoms with van der Waals surface area (Å²) in [7, 11) is 1.62. The van der Waals surface area contributed by atoms with Crippen molar-refractivity contribution in [2.24, 2.45) is 0 Å². The van der Waals surface area contributed by atoms with Crippen LogP contribution in [0.4, 0.5) is 22.2 Å². The number of pyridine rings is 1. The summed E-state index contributed by atoms with van der Waals surface area (Å²) in [6.07, 6.45) is 4.14. The molecule has 10 heteroatoms. The van der Waals surface area contributed by atoms with Gasteiger partial charge in [0.25, 0.3) is 5.56 Å². The minimum atomic E-state index is -1.05. The van der Waals surface area contributed by atoms with E-state index in [9.17, 15) is 14.7 Å². The Morgan fingerprint density at radius 2 is 1.85 bits per heavy atom. The topological polar surface area (TPSA) is 130 Å². The van der Waals surface area contributed by atoms with E-state index in [1.54, 1.807) is 17.9 Å². The highest BCUT2D eigenvalue weighted by atomic mass is 16.5. The van der Waals surface area contributed by atoms with Gasteiger partial charge in [-0.1, -0.05) is 37.1 Å². The van der Waals surface area contributed by atoms with Crippen molar-refractivity contribution >= 4 is 34.4 Å². The summed E-state index contributed by atoms with van der Waals surface area (Å²) in [5, 5.41) is 18.9. The first-order chi connectivity index (χ1) is 18.9. The molecular weight excluding hydrogens is 496 g/mol. The van der Waals surface area contributed by atoms with Crippen LogP contribution in [0.3, 0.4) is 0 Å². The number of rotatable bonds is 8. The first-order valence-electron chi connectivity index (χ1n) is 13.0. The maximum Gasteiger partial charge on any atom is 0.404 e. The number of benzene rings is 2. The molecule has 0 aliphatic heterocycles. The number of hydrogen-bond donors (Lipinski definition) is 4. The number of aryl methyl sites for hydroxylation is 1. The van der Waals surface area contributed by atoms with Gasteiger partial charge in [0.05, 0.1) is 25.2 Å². The van der Waals surface area contributed by atoms with Crippen LogP contribution in [0.5, 0.6) is 5.75 Å². The number of amides is 1. The second-order valence-electron chi connectivity index (χ2n) is 9.84. The zero-order valence-corrected chi connectivity index (χ0v) is 22.0. The van der Waals surface area contributed by atoms with Crippen molar-refractivity contribution in [3.05, 3.63) is 82.3 Å². The van der Waals surface area contributed by atoms with Crippen molar-refractivity contribution in [2.45, 2.75) is 51.2 Å². The summed E-state index contributed by atoms with van der Waals surface area (Å²) < 4.78 is 6.88. The summed E-state index contributed by atoms with van der Waals surface area (Å²) in [5.74, 6) is 1.48. The van der Waals surface area contributed by atoms with Crippen LogP contribution < -0.4 is 26.2 Å². The van der Waals surface area contributed by atoms with Crippen molar-refractivity contribution in [3.63, 3.8) is 0 Å². The average Bonchev–Trinajstić information content (AvgIpc) is 2.91. The fourth-order valence-corrected chi connectivity index (χ4v) is 5.05. The van der Waals surface area contributed by atoms with E-state index in [1.807, 2.05) is 61.5 Å². The van der Waals surface area contributed by atoms with Crippen LogP contribution in [-0.4, -0.2) is 44.9 Å². The highest BCUT2D eigenvalue weighted by Crippen LogP contribution is 2.26. The lowest BCUT2D eigenvalue weighted by Crippen LogP contribution is -2.48. The number of nitrogens with zero attached hydrogens (tertiary/aromatic N) is 3. The molecule has 1 aliphatic carbocycles. The standard InChI is InChI=1S/C29H32N6O4/c1-18-6-5-7-20(16-18)30-26-25-24(14-15-35(27(25)36)17-19-10-12-21(39-2)13-11-19)32-28(34-26)31-22-8-3-4-9-23(22)33-29(37)38/h5-7,10-16,22-23,33H,3-4,8-9,17H2,1-2H3,(H,37,38)(H2,30,31,32,34). The maximum absolute atomic E-state index is 13.7. The van der Waals surface area contributed by atoms with Crippen LogP contribution in [0.1, 0.15) is 36.8 Å². The Labute approximate surface area is 226 Å². The molecule has 1 aliphatic rings. The highest BCUT2D eigenvalue weighted by Gasteiger charge is 2.27. The first kappa shape index (κ1) is 26.0. The van der Waals surface area contributed by atoms with Gasteiger partial charge in [-0.05, 0) is 61.2 Å². The number of methoxy groups -OCH3 is 1. The van der Waals surface area contributed by atoms with Gasteiger partial charge < -0.3 is 30.4 Å². The molecule has 2 unspecified atom stereocenters. The van der Waals surface area contributed by atoms with E-state index in [0.717, 1.165) is 48.2 Å². The molecule has 1 saturated carbocycles. The van der Waals surface area contributed by atoms with E-state index in [1.165, 1.54) is 0 Å². The number of hydrogen-bond acceptors (Lipinski definition) is 7. The van der Waals surface area contributed by atoms with E-state index < -0.39 is 6.09 Å². The normalized spacial score (nSPS) is 17.0. The van der Waals surface area contributed by atoms with Gasteiger partial charge in [0.1, 0.15) is 17.0 Å². The zero-order valence-electron chi connectivity index (χ0n) is 22.0. The second kappa shape index (κ2) is 11.4. The summed E-state index contributed by atoms with van der Waals surface area (Å²) >= 11 is 0. The Balaban J connectivity index is 1.53. The number of fused-ring (bicyclic) bond motifs is 1. The van der Waals surface area contributed by atoms with Crippen molar-refractivity contribution in [1.29, 1.82) is 0 Å². The van der Waals surface area contributed by atoms with E-state index in [2.05, 4.69) is 20.9 Å². The van der Waals surface area contributed by atoms with E-state index in [4.69, 9.17) is 9.72 Å². The molecule has 1 amide bonds. The third-order valence-corrected chi connectivity index (χ3v) is 7.01. The Bertz CT molecular complexity index is 1540. The average molecular weight is 529 g/mol. The van der Waals surface area contributed by atoms with Crippen molar-refractivity contribution < 1.29 is 14.6 Å². The molecule has 202 valence electrons. The largest absolute Gasteiger partial charge is 0.497 e. The van der Waals surface area contributed by atoms with E-state index >= 15 is 0 Å². The number of carboxylic acid groups (broad SMARTS) is 1. The number of ether oxygens (including phenoxy) is 1. The van der Waals surface area contributed by atoms with Crippen LogP contribution in [0.25, 0.3) is 10.9 Å². The molecule has 0 radical (unpaired) electrons. The lowest BCUT2D eigenvalue weighted by atomic mass is 9.90. The predicted molar refractivity (Wildman–Crippen MR) is 151 cm³/mol. The van der Waals surface area contributed by atoms with Gasteiger partial charge in [-0.3, -0.25) is 4.79 Å². The molecule has 0 spiro atoms. The molecule has 2 aromatic carbocycles. The third kappa shape index (κ3) is 6.11. The quantitative estimate of drug-likeness (QED) is 0.254. The zero-order chi connectivity index (χ0) is 27.4. The molecule has 0 saturated heterocycles. The number of anilines is 3. The minimum Gasteiger partial charge on any atom is -0.497 e. The van der Waals surface area contributed by atoms with Crippen LogP contribution in [0.2, 0.25) is 0 Å². The molecule has 10 nitrogen and oxygen atoms in total. The van der Waals surface area contributed by atoms with Gasteiger partial charge in [-0.25, -0.2) is 9.78 Å². The molecule has 4 aromatic rings. The van der Waals surface area contributed by atoms with Crippen molar-refractivity contribution in [3.8, 4) is 5.75 Å². The van der Waals surface area contributed by atoms with Gasteiger partial charge in [0, 0.05) is 17.9 Å². The molecule has 2 heterocycles. The van der Waals surface area contributed by atoms with Gasteiger partial charge >= 0.3 is 6.09 Å². The lowest BCUT2D eigenvalue weighted by Gasteiger charge is -2.32. The molecule has 1 fully saturated rings. The van der Waals surface area contributed by atoms with Crippen molar-refractivity contribution in [2.75, 3.05) is 17.7 Å². The van der Waals surface area contributed by atoms with Crippen LogP contribution in [-0.2, 0) is 6.54 Å². The first-order valence-corrected chi connectivity index (χ1v) is 13.0. The molecule has 2 aromatic heterocycles. The van der Waals surface area contributed by atoms with Crippen LogP contribution in [0, 0.1) is 6.92 Å². The van der Waals surface area contributed by atoms with Gasteiger partial charge in [0.15, 0.2) is 0 Å². The Morgan fingerprint density at radius 3 is 2.56 bits per heavy atom. The van der Waals surface area contributed by atoms with E-state index in [0.29, 0.717) is 29.2 Å². The van der Waals surface area contributed by atoms with Crippen LogP contribution >= 0.6 is 0 Å². The summed E-state index contributed by atoms with van der Waals surface area (Å²) in [6.45, 7) is 2.38.